The van der Waals surface area contributed by atoms with E-state index < -0.39 is 0 Å². The van der Waals surface area contributed by atoms with Crippen molar-refractivity contribution in [1.29, 1.82) is 0 Å². The monoisotopic (exact) mass is 420 g/mol. The molecule has 0 fully saturated rings. The third-order valence-corrected chi connectivity index (χ3v) is 6.32. The number of carbonyl (C=O) groups excluding carboxylic acids is 1. The summed E-state index contributed by atoms with van der Waals surface area (Å²) in [5.41, 5.74) is 0.987. The van der Waals surface area contributed by atoms with Gasteiger partial charge in [-0.3, -0.25) is 4.79 Å². The number of methoxy groups -OCH3 is 2. The summed E-state index contributed by atoms with van der Waals surface area (Å²) in [7, 11) is 3.23. The van der Waals surface area contributed by atoms with Crippen LogP contribution in [-0.2, 0) is 11.3 Å². The van der Waals surface area contributed by atoms with Crippen LogP contribution in [0, 0.1) is 0 Å². The van der Waals surface area contributed by atoms with Crippen molar-refractivity contribution < 1.29 is 14.3 Å². The molecule has 0 aliphatic carbocycles. The number of carbonyl (C=O) groups is 1. The molecule has 0 atom stereocenters. The molecular formula is C19H20N2O3S3. The Balaban J connectivity index is 2.05. The molecule has 0 unspecified atom stereocenters. The van der Waals surface area contributed by atoms with Gasteiger partial charge in [0.2, 0.25) is 0 Å². The number of amides is 1. The summed E-state index contributed by atoms with van der Waals surface area (Å²) in [4.78, 5) is 18.4. The maximum Gasteiger partial charge on any atom is 0.272 e. The number of aromatic nitrogens is 1. The molecule has 0 radical (unpaired) electrons. The zero-order valence-electron chi connectivity index (χ0n) is 15.3. The Bertz CT molecular complexity index is 1020. The van der Waals surface area contributed by atoms with Gasteiger partial charge in [0, 0.05) is 35.4 Å². The number of aryl methyl sites for hydroxylation is 1. The lowest BCUT2D eigenvalue weighted by molar-refractivity contribution is -0.113. The number of thiophene rings is 1. The molecule has 27 heavy (non-hydrogen) atoms. The highest BCUT2D eigenvalue weighted by Crippen LogP contribution is 2.33. The van der Waals surface area contributed by atoms with Crippen LogP contribution in [0.15, 0.2) is 40.7 Å². The third kappa shape index (κ3) is 4.63. The molecule has 3 rings (SSSR count). The number of nitrogens with zero attached hydrogens (tertiary/aromatic N) is 2. The van der Waals surface area contributed by atoms with Crippen LogP contribution in [0.25, 0.3) is 16.3 Å². The average Bonchev–Trinajstić information content (AvgIpc) is 3.31. The zero-order valence-corrected chi connectivity index (χ0v) is 17.7. The van der Waals surface area contributed by atoms with Crippen LogP contribution in [0.5, 0.6) is 11.5 Å². The van der Waals surface area contributed by atoms with Gasteiger partial charge in [-0.2, -0.15) is 16.8 Å². The third-order valence-electron chi connectivity index (χ3n) is 3.85. The second kappa shape index (κ2) is 9.25. The number of thiazole rings is 1. The molecule has 0 saturated heterocycles. The number of thioether (sulfide) groups is 1. The van der Waals surface area contributed by atoms with Crippen molar-refractivity contribution >= 4 is 56.6 Å². The van der Waals surface area contributed by atoms with E-state index in [1.807, 2.05) is 29.6 Å². The number of hydrogen-bond donors (Lipinski definition) is 0. The van der Waals surface area contributed by atoms with Gasteiger partial charge in [-0.25, -0.2) is 0 Å². The number of hydrogen-bond acceptors (Lipinski definition) is 6. The van der Waals surface area contributed by atoms with Gasteiger partial charge in [-0.05, 0) is 23.8 Å². The van der Waals surface area contributed by atoms with Crippen LogP contribution in [0.3, 0.4) is 0 Å². The van der Waals surface area contributed by atoms with Gasteiger partial charge in [0.1, 0.15) is 0 Å². The second-order valence-electron chi connectivity index (χ2n) is 5.50. The van der Waals surface area contributed by atoms with E-state index in [1.54, 1.807) is 43.4 Å². The van der Waals surface area contributed by atoms with E-state index in [4.69, 9.17) is 9.47 Å². The van der Waals surface area contributed by atoms with E-state index in [9.17, 15) is 4.79 Å². The summed E-state index contributed by atoms with van der Waals surface area (Å²) in [5.74, 6) is 1.98. The summed E-state index contributed by atoms with van der Waals surface area (Å²) >= 11 is 4.81. The smallest absolute Gasteiger partial charge is 0.272 e. The van der Waals surface area contributed by atoms with Crippen molar-refractivity contribution in [2.75, 3.05) is 26.2 Å². The quantitative estimate of drug-likeness (QED) is 0.535. The molecule has 0 spiro atoms. The second-order valence-corrected chi connectivity index (χ2v) is 8.48. The maximum absolute atomic E-state index is 12.3. The fraction of sp³-hybridized carbons (Fsp3) is 0.263. The predicted octanol–water partition coefficient (Wildman–Crippen LogP) is 4.29. The Morgan fingerprint density at radius 3 is 2.74 bits per heavy atom. The Hall–Kier alpha value is -2.03. The Morgan fingerprint density at radius 2 is 2.07 bits per heavy atom. The molecule has 142 valence electrons. The zero-order chi connectivity index (χ0) is 19.2. The first-order valence-electron chi connectivity index (χ1n) is 8.21. The molecule has 0 bridgehead atoms. The summed E-state index contributed by atoms with van der Waals surface area (Å²) < 4.78 is 13.9. The Morgan fingerprint density at radius 1 is 1.30 bits per heavy atom. The van der Waals surface area contributed by atoms with Crippen LogP contribution in [-0.4, -0.2) is 36.7 Å². The van der Waals surface area contributed by atoms with Gasteiger partial charge in [0.15, 0.2) is 16.3 Å². The highest BCUT2D eigenvalue weighted by Gasteiger charge is 2.13. The lowest BCUT2D eigenvalue weighted by Crippen LogP contribution is -2.17. The summed E-state index contributed by atoms with van der Waals surface area (Å²) in [6, 6.07) is 7.79. The molecule has 1 amide bonds. The van der Waals surface area contributed by atoms with Crippen molar-refractivity contribution in [2.24, 2.45) is 4.99 Å². The van der Waals surface area contributed by atoms with Crippen LogP contribution >= 0.6 is 34.4 Å². The number of rotatable bonds is 7. The maximum atomic E-state index is 12.3. The summed E-state index contributed by atoms with van der Waals surface area (Å²) in [5, 5.41) is 1.98. The van der Waals surface area contributed by atoms with Crippen molar-refractivity contribution in [3.05, 3.63) is 45.4 Å². The van der Waals surface area contributed by atoms with Crippen molar-refractivity contribution in [2.45, 2.75) is 6.54 Å². The van der Waals surface area contributed by atoms with Crippen molar-refractivity contribution in [3.8, 4) is 11.5 Å². The Kier molecular flexibility index (Phi) is 6.76. The van der Waals surface area contributed by atoms with E-state index in [0.29, 0.717) is 16.3 Å². The van der Waals surface area contributed by atoms with E-state index >= 15 is 0 Å². The average molecular weight is 421 g/mol. The largest absolute Gasteiger partial charge is 0.493 e. The predicted molar refractivity (Wildman–Crippen MR) is 115 cm³/mol. The molecule has 2 heterocycles. The fourth-order valence-corrected chi connectivity index (χ4v) is 4.61. The van der Waals surface area contributed by atoms with Gasteiger partial charge in [-0.15, -0.1) is 11.3 Å². The normalized spacial score (nSPS) is 12.2. The molecule has 0 saturated carbocycles. The van der Waals surface area contributed by atoms with E-state index in [-0.39, 0.29) is 5.91 Å². The molecule has 0 aliphatic rings. The minimum Gasteiger partial charge on any atom is -0.493 e. The molecular weight excluding hydrogens is 400 g/mol. The number of fused-ring (bicyclic) bond motifs is 1. The molecule has 0 N–H and O–H groups in total. The van der Waals surface area contributed by atoms with Gasteiger partial charge in [0.05, 0.1) is 24.4 Å². The topological polar surface area (TPSA) is 52.8 Å². The van der Waals surface area contributed by atoms with Crippen molar-refractivity contribution in [3.63, 3.8) is 0 Å². The lowest BCUT2D eigenvalue weighted by Gasteiger charge is -2.09. The minimum absolute atomic E-state index is 0.271. The van der Waals surface area contributed by atoms with Crippen LogP contribution in [0.4, 0.5) is 0 Å². The van der Waals surface area contributed by atoms with Crippen LogP contribution in [0.1, 0.15) is 4.88 Å². The lowest BCUT2D eigenvalue weighted by atomic mass is 10.3. The van der Waals surface area contributed by atoms with E-state index in [0.717, 1.165) is 27.4 Å². The van der Waals surface area contributed by atoms with Crippen LogP contribution < -0.4 is 14.3 Å². The first-order chi connectivity index (χ1) is 13.2. The van der Waals surface area contributed by atoms with Gasteiger partial charge in [0.25, 0.3) is 5.91 Å². The standard InChI is InChI=1S/C19H20N2O3S3/c1-23-15-11-14-17(12-16(15)24-2)27-19(21(14)8-10-25-3)20-18(22)7-6-13-5-4-9-26-13/h4-7,9,11-12H,8,10H2,1-3H3. The summed E-state index contributed by atoms with van der Waals surface area (Å²) in [6.07, 6.45) is 5.36. The first kappa shape index (κ1) is 19.7. The molecule has 5 nitrogen and oxygen atoms in total. The van der Waals surface area contributed by atoms with Crippen molar-refractivity contribution in [1.82, 2.24) is 4.57 Å². The highest BCUT2D eigenvalue weighted by atomic mass is 32.2. The molecule has 3 aromatic rings. The fourth-order valence-electron chi connectivity index (χ4n) is 2.55. The molecule has 1 aromatic carbocycles. The number of ether oxygens (including phenoxy) is 2. The summed E-state index contributed by atoms with van der Waals surface area (Å²) in [6.45, 7) is 0.761. The highest BCUT2D eigenvalue weighted by molar-refractivity contribution is 7.98. The first-order valence-corrected chi connectivity index (χ1v) is 11.3. The van der Waals surface area contributed by atoms with Gasteiger partial charge >= 0.3 is 0 Å². The molecule has 8 heteroatoms. The van der Waals surface area contributed by atoms with Gasteiger partial charge < -0.3 is 14.0 Å². The minimum atomic E-state index is -0.271. The molecule has 2 aromatic heterocycles. The Labute approximate surface area is 170 Å². The van der Waals surface area contributed by atoms with E-state index in [2.05, 4.69) is 15.8 Å². The SMILES string of the molecule is COc1cc2sc(=NC(=O)C=Cc3cccs3)n(CCSC)c2cc1OC. The van der Waals surface area contributed by atoms with Gasteiger partial charge in [-0.1, -0.05) is 17.4 Å². The molecule has 0 aliphatic heterocycles. The van der Waals surface area contributed by atoms with E-state index in [1.165, 1.54) is 17.4 Å². The number of benzene rings is 1. The van der Waals surface area contributed by atoms with Crippen LogP contribution in [0.2, 0.25) is 0 Å².